The Bertz CT molecular complexity index is 654. The first kappa shape index (κ1) is 15.1. The van der Waals surface area contributed by atoms with E-state index in [2.05, 4.69) is 15.0 Å². The molecule has 0 aliphatic heterocycles. The van der Waals surface area contributed by atoms with Gasteiger partial charge in [0.1, 0.15) is 0 Å². The number of esters is 1. The summed E-state index contributed by atoms with van der Waals surface area (Å²) in [7, 11) is 0. The Morgan fingerprint density at radius 2 is 2.10 bits per heavy atom. The molecule has 2 rings (SSSR count). The van der Waals surface area contributed by atoms with Gasteiger partial charge in [0.05, 0.1) is 17.9 Å². The summed E-state index contributed by atoms with van der Waals surface area (Å²) in [5, 5.41) is 0. The molecule has 5 heteroatoms. The molecule has 0 saturated carbocycles. The molecule has 0 bridgehead atoms. The van der Waals surface area contributed by atoms with Crippen molar-refractivity contribution in [2.24, 2.45) is 0 Å². The van der Waals surface area contributed by atoms with Crippen molar-refractivity contribution >= 4 is 5.97 Å². The van der Waals surface area contributed by atoms with Gasteiger partial charge in [0.15, 0.2) is 5.82 Å². The standard InChI is InChI=1S/C16H19N3O2/c1-5-21-16(20)13-9-18-15(19-14(13)10(2)3)12-6-7-17-8-11(12)4/h6-10H,5H2,1-4H3. The maximum absolute atomic E-state index is 12.0. The first-order valence-corrected chi connectivity index (χ1v) is 6.99. The maximum atomic E-state index is 12.0. The largest absolute Gasteiger partial charge is 0.462 e. The number of ether oxygens (including phenoxy) is 1. The van der Waals surface area contributed by atoms with Crippen LogP contribution in [-0.4, -0.2) is 27.5 Å². The highest BCUT2D eigenvalue weighted by molar-refractivity contribution is 5.90. The summed E-state index contributed by atoms with van der Waals surface area (Å²) in [5.41, 5.74) is 3.05. The Morgan fingerprint density at radius 3 is 2.71 bits per heavy atom. The Kier molecular flexibility index (Phi) is 4.62. The molecule has 110 valence electrons. The van der Waals surface area contributed by atoms with E-state index >= 15 is 0 Å². The van der Waals surface area contributed by atoms with Gasteiger partial charge in [-0.15, -0.1) is 0 Å². The van der Waals surface area contributed by atoms with E-state index in [1.54, 1.807) is 25.5 Å². The molecule has 0 aromatic carbocycles. The van der Waals surface area contributed by atoms with Crippen molar-refractivity contribution in [3.8, 4) is 11.4 Å². The van der Waals surface area contributed by atoms with Crippen LogP contribution in [-0.2, 0) is 4.74 Å². The van der Waals surface area contributed by atoms with Gasteiger partial charge in [0.2, 0.25) is 0 Å². The smallest absolute Gasteiger partial charge is 0.341 e. The highest BCUT2D eigenvalue weighted by Crippen LogP contribution is 2.23. The summed E-state index contributed by atoms with van der Waals surface area (Å²) in [5.74, 6) is 0.333. The van der Waals surface area contributed by atoms with E-state index in [0.29, 0.717) is 23.7 Å². The molecule has 0 aliphatic carbocycles. The minimum atomic E-state index is -0.376. The van der Waals surface area contributed by atoms with Gasteiger partial charge in [0, 0.05) is 24.2 Å². The summed E-state index contributed by atoms with van der Waals surface area (Å²) >= 11 is 0. The second-order valence-corrected chi connectivity index (χ2v) is 5.06. The van der Waals surface area contributed by atoms with Crippen LogP contribution in [0.3, 0.4) is 0 Å². The number of aromatic nitrogens is 3. The molecule has 0 atom stereocenters. The number of carbonyl (C=O) groups excluding carboxylic acids is 1. The summed E-state index contributed by atoms with van der Waals surface area (Å²) < 4.78 is 5.06. The van der Waals surface area contributed by atoms with Crippen molar-refractivity contribution in [3.05, 3.63) is 41.5 Å². The molecule has 2 heterocycles. The Hall–Kier alpha value is -2.30. The van der Waals surface area contributed by atoms with Crippen molar-refractivity contribution in [1.29, 1.82) is 0 Å². The van der Waals surface area contributed by atoms with Crippen LogP contribution in [0.15, 0.2) is 24.7 Å². The fourth-order valence-corrected chi connectivity index (χ4v) is 2.06. The number of nitrogens with zero attached hydrogens (tertiary/aromatic N) is 3. The SMILES string of the molecule is CCOC(=O)c1cnc(-c2ccncc2C)nc1C(C)C. The zero-order valence-electron chi connectivity index (χ0n) is 12.8. The van der Waals surface area contributed by atoms with Crippen LogP contribution in [0, 0.1) is 6.92 Å². The maximum Gasteiger partial charge on any atom is 0.341 e. The zero-order valence-corrected chi connectivity index (χ0v) is 12.8. The Labute approximate surface area is 124 Å². The van der Waals surface area contributed by atoms with Gasteiger partial charge >= 0.3 is 5.97 Å². The van der Waals surface area contributed by atoms with Crippen molar-refractivity contribution in [2.45, 2.75) is 33.6 Å². The second kappa shape index (κ2) is 6.43. The second-order valence-electron chi connectivity index (χ2n) is 5.06. The predicted octanol–water partition coefficient (Wildman–Crippen LogP) is 3.15. The number of rotatable bonds is 4. The normalized spacial score (nSPS) is 10.7. The lowest BCUT2D eigenvalue weighted by atomic mass is 10.0. The minimum Gasteiger partial charge on any atom is -0.462 e. The van der Waals surface area contributed by atoms with Crippen molar-refractivity contribution in [2.75, 3.05) is 6.61 Å². The lowest BCUT2D eigenvalue weighted by Gasteiger charge is -2.12. The molecule has 0 amide bonds. The topological polar surface area (TPSA) is 65.0 Å². The Balaban J connectivity index is 2.51. The number of hydrogen-bond donors (Lipinski definition) is 0. The highest BCUT2D eigenvalue weighted by Gasteiger charge is 2.19. The number of carbonyl (C=O) groups is 1. The van der Waals surface area contributed by atoms with Crippen molar-refractivity contribution in [1.82, 2.24) is 15.0 Å². The van der Waals surface area contributed by atoms with Gasteiger partial charge in [-0.25, -0.2) is 14.8 Å². The third-order valence-corrected chi connectivity index (χ3v) is 3.12. The van der Waals surface area contributed by atoms with E-state index < -0.39 is 0 Å². The van der Waals surface area contributed by atoms with E-state index in [4.69, 9.17) is 4.74 Å². The molecule has 2 aromatic heterocycles. The number of aryl methyl sites for hydroxylation is 1. The molecule has 0 fully saturated rings. The predicted molar refractivity (Wildman–Crippen MR) is 80.0 cm³/mol. The molecule has 0 radical (unpaired) electrons. The van der Waals surface area contributed by atoms with Crippen LogP contribution in [0.2, 0.25) is 0 Å². The minimum absolute atomic E-state index is 0.105. The summed E-state index contributed by atoms with van der Waals surface area (Å²) in [6.07, 6.45) is 5.03. The molecule has 0 spiro atoms. The van der Waals surface area contributed by atoms with E-state index in [-0.39, 0.29) is 11.9 Å². The zero-order chi connectivity index (χ0) is 15.4. The van der Waals surface area contributed by atoms with Crippen molar-refractivity contribution in [3.63, 3.8) is 0 Å². The molecule has 0 aliphatic rings. The first-order valence-electron chi connectivity index (χ1n) is 6.99. The first-order chi connectivity index (χ1) is 10.0. The van der Waals surface area contributed by atoms with Gasteiger partial charge in [-0.2, -0.15) is 0 Å². The fraction of sp³-hybridized carbons (Fsp3) is 0.375. The molecule has 0 saturated heterocycles. The molecular weight excluding hydrogens is 266 g/mol. The van der Waals surface area contributed by atoms with Gasteiger partial charge < -0.3 is 4.74 Å². The fourth-order valence-electron chi connectivity index (χ4n) is 2.06. The van der Waals surface area contributed by atoms with E-state index in [1.165, 1.54) is 0 Å². The molecule has 0 N–H and O–H groups in total. The summed E-state index contributed by atoms with van der Waals surface area (Å²) in [6.45, 7) is 8.06. The molecule has 2 aromatic rings. The van der Waals surface area contributed by atoms with E-state index in [9.17, 15) is 4.79 Å². The molecular formula is C16H19N3O2. The molecule has 0 unspecified atom stereocenters. The summed E-state index contributed by atoms with van der Waals surface area (Å²) in [6, 6.07) is 1.87. The van der Waals surface area contributed by atoms with Gasteiger partial charge in [-0.3, -0.25) is 4.98 Å². The molecule has 5 nitrogen and oxygen atoms in total. The number of hydrogen-bond acceptors (Lipinski definition) is 5. The van der Waals surface area contributed by atoms with Crippen molar-refractivity contribution < 1.29 is 9.53 Å². The van der Waals surface area contributed by atoms with Crippen LogP contribution >= 0.6 is 0 Å². The Morgan fingerprint density at radius 1 is 1.33 bits per heavy atom. The average Bonchev–Trinajstić information content (AvgIpc) is 2.47. The lowest BCUT2D eigenvalue weighted by Crippen LogP contribution is -2.12. The van der Waals surface area contributed by atoms with E-state index in [0.717, 1.165) is 11.1 Å². The van der Waals surface area contributed by atoms with E-state index in [1.807, 2.05) is 26.8 Å². The number of pyridine rings is 1. The lowest BCUT2D eigenvalue weighted by molar-refractivity contribution is 0.0523. The average molecular weight is 285 g/mol. The van der Waals surface area contributed by atoms with Gasteiger partial charge in [0.25, 0.3) is 0 Å². The van der Waals surface area contributed by atoms with Crippen LogP contribution in [0.25, 0.3) is 11.4 Å². The third kappa shape index (κ3) is 3.24. The summed E-state index contributed by atoms with van der Waals surface area (Å²) in [4.78, 5) is 24.9. The van der Waals surface area contributed by atoms with Crippen LogP contribution < -0.4 is 0 Å². The molecule has 21 heavy (non-hydrogen) atoms. The quantitative estimate of drug-likeness (QED) is 0.807. The highest BCUT2D eigenvalue weighted by atomic mass is 16.5. The van der Waals surface area contributed by atoms with Crippen LogP contribution in [0.5, 0.6) is 0 Å². The van der Waals surface area contributed by atoms with Gasteiger partial charge in [-0.05, 0) is 31.4 Å². The monoisotopic (exact) mass is 285 g/mol. The van der Waals surface area contributed by atoms with Gasteiger partial charge in [-0.1, -0.05) is 13.8 Å². The van der Waals surface area contributed by atoms with Crippen LogP contribution in [0.4, 0.5) is 0 Å². The van der Waals surface area contributed by atoms with Crippen LogP contribution in [0.1, 0.15) is 48.3 Å². The third-order valence-electron chi connectivity index (χ3n) is 3.12.